The van der Waals surface area contributed by atoms with Crippen molar-refractivity contribution >= 4 is 40.2 Å². The van der Waals surface area contributed by atoms with E-state index in [0.717, 1.165) is 56.0 Å². The molecule has 1 amide bonds. The quantitative estimate of drug-likeness (QED) is 0.490. The Hall–Kier alpha value is -3.66. The Balaban J connectivity index is 1.40. The molecule has 10 heteroatoms. The third kappa shape index (κ3) is 4.99. The standard InChI is InChI=1S/C26H35N9O/c1-5-22(36)28-20-10-11-34(16-20)26-30-24(23-25(31-26)35(17-27-23)18(2)3)29-19-6-8-21(9-7-19)33-14-12-32(4)13-15-33/h5-9,17-18,20H,1,10-16H2,2-4H3,(H,28,36)(H,29,30,31)/t20-/m0/s1. The highest BCUT2D eigenvalue weighted by Crippen LogP contribution is 2.29. The number of imidazole rings is 1. The largest absolute Gasteiger partial charge is 0.369 e. The molecule has 36 heavy (non-hydrogen) atoms. The van der Waals surface area contributed by atoms with Gasteiger partial charge in [-0.15, -0.1) is 0 Å². The van der Waals surface area contributed by atoms with Crippen LogP contribution in [0.1, 0.15) is 26.3 Å². The minimum atomic E-state index is -0.154. The number of anilines is 4. The van der Waals surface area contributed by atoms with E-state index in [1.807, 2.05) is 6.33 Å². The maximum Gasteiger partial charge on any atom is 0.243 e. The number of rotatable bonds is 7. The van der Waals surface area contributed by atoms with Crippen molar-refractivity contribution in [2.24, 2.45) is 0 Å². The summed E-state index contributed by atoms with van der Waals surface area (Å²) in [4.78, 5) is 33.1. The number of aromatic nitrogens is 4. The molecule has 0 spiro atoms. The summed E-state index contributed by atoms with van der Waals surface area (Å²) in [5.74, 6) is 1.16. The summed E-state index contributed by atoms with van der Waals surface area (Å²) in [6.45, 7) is 13.4. The van der Waals surface area contributed by atoms with Crippen molar-refractivity contribution in [1.29, 1.82) is 0 Å². The van der Waals surface area contributed by atoms with E-state index in [2.05, 4.69) is 86.6 Å². The van der Waals surface area contributed by atoms with E-state index in [-0.39, 0.29) is 18.0 Å². The number of fused-ring (bicyclic) bond motifs is 1. The van der Waals surface area contributed by atoms with Crippen LogP contribution in [-0.2, 0) is 4.79 Å². The van der Waals surface area contributed by atoms with Crippen LogP contribution in [0.25, 0.3) is 11.2 Å². The molecular formula is C26H35N9O. The molecule has 0 bridgehead atoms. The van der Waals surface area contributed by atoms with Crippen LogP contribution in [0.2, 0.25) is 0 Å². The summed E-state index contributed by atoms with van der Waals surface area (Å²) < 4.78 is 2.06. The van der Waals surface area contributed by atoms with Gasteiger partial charge in [-0.05, 0) is 57.7 Å². The van der Waals surface area contributed by atoms with Crippen molar-refractivity contribution in [3.05, 3.63) is 43.2 Å². The van der Waals surface area contributed by atoms with Gasteiger partial charge in [0.15, 0.2) is 17.0 Å². The number of hydrogen-bond donors (Lipinski definition) is 2. The molecule has 2 N–H and O–H groups in total. The zero-order valence-corrected chi connectivity index (χ0v) is 21.3. The van der Waals surface area contributed by atoms with Crippen molar-refractivity contribution in [3.8, 4) is 0 Å². The molecular weight excluding hydrogens is 454 g/mol. The van der Waals surface area contributed by atoms with Gasteiger partial charge in [-0.1, -0.05) is 6.58 Å². The Morgan fingerprint density at radius 3 is 2.53 bits per heavy atom. The maximum atomic E-state index is 11.8. The number of amides is 1. The first-order chi connectivity index (χ1) is 17.4. The molecule has 5 rings (SSSR count). The fourth-order valence-corrected chi connectivity index (χ4v) is 4.79. The summed E-state index contributed by atoms with van der Waals surface area (Å²) in [7, 11) is 2.17. The predicted molar refractivity (Wildman–Crippen MR) is 144 cm³/mol. The van der Waals surface area contributed by atoms with E-state index in [0.29, 0.717) is 18.3 Å². The lowest BCUT2D eigenvalue weighted by molar-refractivity contribution is -0.117. The lowest BCUT2D eigenvalue weighted by atomic mass is 10.2. The Bertz CT molecular complexity index is 1230. The van der Waals surface area contributed by atoms with Gasteiger partial charge in [-0.2, -0.15) is 9.97 Å². The van der Waals surface area contributed by atoms with Gasteiger partial charge in [0.25, 0.3) is 0 Å². The molecule has 2 aromatic heterocycles. The number of nitrogens with zero attached hydrogens (tertiary/aromatic N) is 7. The molecule has 0 saturated carbocycles. The molecule has 190 valence electrons. The molecule has 0 aliphatic carbocycles. The van der Waals surface area contributed by atoms with Crippen LogP contribution in [0.5, 0.6) is 0 Å². The molecule has 0 radical (unpaired) electrons. The normalized spacial score (nSPS) is 18.7. The average molecular weight is 490 g/mol. The first-order valence-corrected chi connectivity index (χ1v) is 12.6. The lowest BCUT2D eigenvalue weighted by Gasteiger charge is -2.34. The Labute approximate surface area is 212 Å². The molecule has 1 aromatic carbocycles. The Morgan fingerprint density at radius 2 is 1.83 bits per heavy atom. The molecule has 2 aliphatic rings. The fraction of sp³-hybridized carbons (Fsp3) is 0.462. The average Bonchev–Trinajstić information content (AvgIpc) is 3.52. The molecule has 4 heterocycles. The first-order valence-electron chi connectivity index (χ1n) is 12.6. The highest BCUT2D eigenvalue weighted by atomic mass is 16.1. The second kappa shape index (κ2) is 10.1. The summed E-state index contributed by atoms with van der Waals surface area (Å²) in [6, 6.07) is 8.77. The summed E-state index contributed by atoms with van der Waals surface area (Å²) in [6.07, 6.45) is 3.97. The van der Waals surface area contributed by atoms with Crippen LogP contribution in [0, 0.1) is 0 Å². The molecule has 10 nitrogen and oxygen atoms in total. The Kier molecular flexibility index (Phi) is 6.77. The Morgan fingerprint density at radius 1 is 1.08 bits per heavy atom. The number of piperazine rings is 1. The van der Waals surface area contributed by atoms with E-state index >= 15 is 0 Å². The third-order valence-electron chi connectivity index (χ3n) is 6.97. The third-order valence-corrected chi connectivity index (χ3v) is 6.97. The lowest BCUT2D eigenvalue weighted by Crippen LogP contribution is -2.44. The van der Waals surface area contributed by atoms with Gasteiger partial charge in [-0.3, -0.25) is 4.79 Å². The fourth-order valence-electron chi connectivity index (χ4n) is 4.79. The van der Waals surface area contributed by atoms with Crippen molar-refractivity contribution in [2.75, 3.05) is 61.4 Å². The molecule has 0 unspecified atom stereocenters. The van der Waals surface area contributed by atoms with Crippen molar-refractivity contribution in [2.45, 2.75) is 32.4 Å². The number of carbonyl (C=O) groups excluding carboxylic acids is 1. The smallest absolute Gasteiger partial charge is 0.243 e. The van der Waals surface area contributed by atoms with Crippen LogP contribution >= 0.6 is 0 Å². The van der Waals surface area contributed by atoms with Crippen LogP contribution in [-0.4, -0.2) is 82.7 Å². The summed E-state index contributed by atoms with van der Waals surface area (Å²) in [5.41, 5.74) is 3.72. The van der Waals surface area contributed by atoms with Crippen LogP contribution in [0.3, 0.4) is 0 Å². The molecule has 1 atom stereocenters. The van der Waals surface area contributed by atoms with E-state index in [4.69, 9.17) is 9.97 Å². The van der Waals surface area contributed by atoms with Crippen LogP contribution < -0.4 is 20.4 Å². The highest BCUT2D eigenvalue weighted by molar-refractivity contribution is 5.88. The number of hydrogen-bond acceptors (Lipinski definition) is 8. The predicted octanol–water partition coefficient (Wildman–Crippen LogP) is 2.78. The van der Waals surface area contributed by atoms with Gasteiger partial charge in [0.1, 0.15) is 0 Å². The van der Waals surface area contributed by atoms with Crippen molar-refractivity contribution in [1.82, 2.24) is 29.7 Å². The molecule has 2 saturated heterocycles. The molecule has 2 fully saturated rings. The van der Waals surface area contributed by atoms with Gasteiger partial charge in [0, 0.05) is 62.7 Å². The van der Waals surface area contributed by atoms with Gasteiger partial charge >= 0.3 is 0 Å². The maximum absolute atomic E-state index is 11.8. The van der Waals surface area contributed by atoms with E-state index in [1.165, 1.54) is 11.8 Å². The van der Waals surface area contributed by atoms with Gasteiger partial charge in [-0.25, -0.2) is 4.98 Å². The second-order valence-electron chi connectivity index (χ2n) is 9.90. The number of carbonyl (C=O) groups is 1. The minimum absolute atomic E-state index is 0.0448. The summed E-state index contributed by atoms with van der Waals surface area (Å²) >= 11 is 0. The molecule has 2 aliphatic heterocycles. The first kappa shape index (κ1) is 24.1. The van der Waals surface area contributed by atoms with Crippen LogP contribution in [0.4, 0.5) is 23.1 Å². The van der Waals surface area contributed by atoms with Gasteiger partial charge in [0.05, 0.1) is 6.33 Å². The minimum Gasteiger partial charge on any atom is -0.369 e. The topological polar surface area (TPSA) is 94.5 Å². The van der Waals surface area contributed by atoms with Gasteiger partial charge < -0.3 is 29.9 Å². The van der Waals surface area contributed by atoms with Crippen molar-refractivity contribution in [3.63, 3.8) is 0 Å². The SMILES string of the molecule is C=CC(=O)N[C@H]1CCN(c2nc(Nc3ccc(N4CCN(C)CC4)cc3)c3ncn(C(C)C)c3n2)C1. The number of benzene rings is 1. The summed E-state index contributed by atoms with van der Waals surface area (Å²) in [5, 5.41) is 6.47. The molecule has 3 aromatic rings. The van der Waals surface area contributed by atoms with E-state index < -0.39 is 0 Å². The van der Waals surface area contributed by atoms with E-state index in [1.54, 1.807) is 0 Å². The van der Waals surface area contributed by atoms with E-state index in [9.17, 15) is 4.79 Å². The number of likely N-dealkylation sites (N-methyl/N-ethyl adjacent to an activating group) is 1. The second-order valence-corrected chi connectivity index (χ2v) is 9.90. The van der Waals surface area contributed by atoms with Crippen molar-refractivity contribution < 1.29 is 4.79 Å². The monoisotopic (exact) mass is 489 g/mol. The highest BCUT2D eigenvalue weighted by Gasteiger charge is 2.27. The van der Waals surface area contributed by atoms with Gasteiger partial charge in [0.2, 0.25) is 11.9 Å². The number of nitrogens with one attached hydrogen (secondary N) is 2. The van der Waals surface area contributed by atoms with Crippen LogP contribution in [0.15, 0.2) is 43.2 Å². The zero-order chi connectivity index (χ0) is 25.2. The zero-order valence-electron chi connectivity index (χ0n) is 21.3.